The van der Waals surface area contributed by atoms with Gasteiger partial charge in [-0.15, -0.1) is 0 Å². The highest BCUT2D eigenvalue weighted by atomic mass is 16.5. The molecule has 0 aliphatic carbocycles. The molecule has 2 heterocycles. The monoisotopic (exact) mass is 398 g/mol. The highest BCUT2D eigenvalue weighted by molar-refractivity contribution is 5.85. The van der Waals surface area contributed by atoms with Gasteiger partial charge in [-0.1, -0.05) is 55.0 Å². The third-order valence-corrected chi connectivity index (χ3v) is 5.22. The number of aryl methyl sites for hydroxylation is 1. The van der Waals surface area contributed by atoms with Gasteiger partial charge in [0.1, 0.15) is 6.61 Å². The summed E-state index contributed by atoms with van der Waals surface area (Å²) in [6.45, 7) is 0.354. The summed E-state index contributed by atoms with van der Waals surface area (Å²) in [5, 5.41) is 1.19. The lowest BCUT2D eigenvalue weighted by molar-refractivity contribution is -0.145. The van der Waals surface area contributed by atoms with E-state index in [4.69, 9.17) is 4.74 Å². The molecule has 0 atom stereocenters. The highest BCUT2D eigenvalue weighted by Crippen LogP contribution is 2.23. The maximum absolute atomic E-state index is 11.9. The SMILES string of the molecule is O=C(CCCCCc1ccnc(-c2cc3ccccc3[nH]2)c1)OCc1ccccc1. The first-order valence-electron chi connectivity index (χ1n) is 10.5. The molecule has 4 rings (SSSR count). The van der Waals surface area contributed by atoms with Crippen LogP contribution >= 0.6 is 0 Å². The number of para-hydroxylation sites is 1. The van der Waals surface area contributed by atoms with Gasteiger partial charge in [0.15, 0.2) is 0 Å². The third kappa shape index (κ3) is 5.35. The molecule has 4 nitrogen and oxygen atoms in total. The Kier molecular flexibility index (Phi) is 6.55. The predicted octanol–water partition coefficient (Wildman–Crippen LogP) is 6.08. The van der Waals surface area contributed by atoms with E-state index in [-0.39, 0.29) is 5.97 Å². The number of aromatic amines is 1. The molecule has 30 heavy (non-hydrogen) atoms. The number of carbonyl (C=O) groups is 1. The number of fused-ring (bicyclic) bond motifs is 1. The Morgan fingerprint density at radius 2 is 1.70 bits per heavy atom. The molecule has 2 aromatic carbocycles. The number of ether oxygens (including phenoxy) is 1. The van der Waals surface area contributed by atoms with Gasteiger partial charge < -0.3 is 9.72 Å². The van der Waals surface area contributed by atoms with Gasteiger partial charge in [0.2, 0.25) is 0 Å². The first-order valence-corrected chi connectivity index (χ1v) is 10.5. The number of nitrogens with zero attached hydrogens (tertiary/aromatic N) is 1. The second-order valence-electron chi connectivity index (χ2n) is 7.53. The normalized spacial score (nSPS) is 10.9. The fraction of sp³-hybridized carbons (Fsp3) is 0.231. The van der Waals surface area contributed by atoms with Crippen LogP contribution in [0, 0.1) is 0 Å². The zero-order valence-corrected chi connectivity index (χ0v) is 17.0. The van der Waals surface area contributed by atoms with Crippen LogP contribution in [0.15, 0.2) is 79.0 Å². The number of aromatic nitrogens is 2. The molecule has 0 spiro atoms. The fourth-order valence-corrected chi connectivity index (χ4v) is 3.57. The molecule has 0 bridgehead atoms. The van der Waals surface area contributed by atoms with Crippen molar-refractivity contribution in [2.75, 3.05) is 0 Å². The van der Waals surface area contributed by atoms with Crippen molar-refractivity contribution >= 4 is 16.9 Å². The maximum atomic E-state index is 11.9. The third-order valence-electron chi connectivity index (χ3n) is 5.22. The number of rotatable bonds is 9. The molecular weight excluding hydrogens is 372 g/mol. The van der Waals surface area contributed by atoms with Crippen LogP contribution in [0.4, 0.5) is 0 Å². The smallest absolute Gasteiger partial charge is 0.306 e. The summed E-state index contributed by atoms with van der Waals surface area (Å²) in [7, 11) is 0. The van der Waals surface area contributed by atoms with Crippen molar-refractivity contribution in [3.05, 3.63) is 90.1 Å². The van der Waals surface area contributed by atoms with E-state index in [2.05, 4.69) is 40.3 Å². The number of H-pyrrole nitrogens is 1. The average molecular weight is 399 g/mol. The fourth-order valence-electron chi connectivity index (χ4n) is 3.57. The van der Waals surface area contributed by atoms with E-state index < -0.39 is 0 Å². The molecule has 1 N–H and O–H groups in total. The number of pyridine rings is 1. The number of benzene rings is 2. The van der Waals surface area contributed by atoms with E-state index in [0.717, 1.165) is 48.2 Å². The van der Waals surface area contributed by atoms with Crippen LogP contribution in [0.5, 0.6) is 0 Å². The molecule has 4 heteroatoms. The summed E-state index contributed by atoms with van der Waals surface area (Å²) in [5.74, 6) is -0.121. The quantitative estimate of drug-likeness (QED) is 0.275. The van der Waals surface area contributed by atoms with Gasteiger partial charge in [-0.25, -0.2) is 0 Å². The molecule has 0 fully saturated rings. The minimum absolute atomic E-state index is 0.121. The van der Waals surface area contributed by atoms with E-state index in [1.807, 2.05) is 48.7 Å². The Labute approximate surface area is 176 Å². The molecule has 2 aromatic heterocycles. The maximum Gasteiger partial charge on any atom is 0.306 e. The van der Waals surface area contributed by atoms with Gasteiger partial charge in [-0.3, -0.25) is 9.78 Å². The largest absolute Gasteiger partial charge is 0.461 e. The number of esters is 1. The second-order valence-corrected chi connectivity index (χ2v) is 7.53. The lowest BCUT2D eigenvalue weighted by Gasteiger charge is -2.06. The Balaban J connectivity index is 1.21. The average Bonchev–Trinajstić information content (AvgIpc) is 3.23. The Hall–Kier alpha value is -3.40. The number of nitrogens with one attached hydrogen (secondary N) is 1. The molecule has 4 aromatic rings. The molecule has 0 saturated carbocycles. The van der Waals surface area contributed by atoms with Crippen molar-refractivity contribution in [3.63, 3.8) is 0 Å². The Morgan fingerprint density at radius 3 is 2.57 bits per heavy atom. The van der Waals surface area contributed by atoms with Crippen molar-refractivity contribution in [2.45, 2.75) is 38.7 Å². The molecule has 152 valence electrons. The minimum Gasteiger partial charge on any atom is -0.461 e. The predicted molar refractivity (Wildman–Crippen MR) is 120 cm³/mol. The summed E-state index contributed by atoms with van der Waals surface area (Å²) in [6.07, 6.45) is 6.23. The van der Waals surface area contributed by atoms with E-state index >= 15 is 0 Å². The van der Waals surface area contributed by atoms with Crippen molar-refractivity contribution in [3.8, 4) is 11.4 Å². The van der Waals surface area contributed by atoms with Crippen molar-refractivity contribution in [1.29, 1.82) is 0 Å². The topological polar surface area (TPSA) is 55.0 Å². The molecular formula is C26H26N2O2. The van der Waals surface area contributed by atoms with Gasteiger partial charge in [-0.05, 0) is 54.7 Å². The van der Waals surface area contributed by atoms with Crippen LogP contribution < -0.4 is 0 Å². The number of carbonyl (C=O) groups excluding carboxylic acids is 1. The van der Waals surface area contributed by atoms with Crippen LogP contribution in [-0.4, -0.2) is 15.9 Å². The lowest BCUT2D eigenvalue weighted by atomic mass is 10.1. The zero-order chi connectivity index (χ0) is 20.6. The number of unbranched alkanes of at least 4 members (excludes halogenated alkanes) is 2. The number of hydrogen-bond acceptors (Lipinski definition) is 3. The summed E-state index contributed by atoms with van der Waals surface area (Å²) in [4.78, 5) is 19.9. The highest BCUT2D eigenvalue weighted by Gasteiger charge is 2.06. The van der Waals surface area contributed by atoms with Crippen LogP contribution in [0.25, 0.3) is 22.3 Å². The van der Waals surface area contributed by atoms with Gasteiger partial charge in [-0.2, -0.15) is 0 Å². The van der Waals surface area contributed by atoms with Crippen LogP contribution in [0.1, 0.15) is 36.8 Å². The molecule has 0 amide bonds. The van der Waals surface area contributed by atoms with Crippen LogP contribution in [-0.2, 0) is 22.6 Å². The molecule has 0 saturated heterocycles. The zero-order valence-electron chi connectivity index (χ0n) is 17.0. The Bertz CT molecular complexity index is 1070. The summed E-state index contributed by atoms with van der Waals surface area (Å²) >= 11 is 0. The molecule has 0 unspecified atom stereocenters. The van der Waals surface area contributed by atoms with Gasteiger partial charge in [0.05, 0.1) is 11.4 Å². The van der Waals surface area contributed by atoms with E-state index in [1.165, 1.54) is 10.9 Å². The first kappa shape index (κ1) is 19.9. The van der Waals surface area contributed by atoms with Crippen LogP contribution in [0.2, 0.25) is 0 Å². The molecule has 0 radical (unpaired) electrons. The van der Waals surface area contributed by atoms with E-state index in [9.17, 15) is 4.79 Å². The standard InChI is InChI=1S/C26H26N2O2/c29-26(30-19-21-10-4-1-5-11-21)14-6-2-3-9-20-15-16-27-24(17-20)25-18-22-12-7-8-13-23(22)28-25/h1,4-5,7-8,10-13,15-18,28H,2-3,6,9,14,19H2. The number of hydrogen-bond donors (Lipinski definition) is 1. The molecule has 0 aliphatic rings. The van der Waals surface area contributed by atoms with Crippen molar-refractivity contribution < 1.29 is 9.53 Å². The summed E-state index contributed by atoms with van der Waals surface area (Å²) < 4.78 is 5.33. The minimum atomic E-state index is -0.121. The summed E-state index contributed by atoms with van der Waals surface area (Å²) in [5.41, 5.74) is 5.42. The molecule has 0 aliphatic heterocycles. The van der Waals surface area contributed by atoms with Crippen molar-refractivity contribution in [1.82, 2.24) is 9.97 Å². The van der Waals surface area contributed by atoms with Crippen LogP contribution in [0.3, 0.4) is 0 Å². The lowest BCUT2D eigenvalue weighted by Crippen LogP contribution is -2.04. The van der Waals surface area contributed by atoms with Gasteiger partial charge in [0, 0.05) is 23.5 Å². The van der Waals surface area contributed by atoms with Gasteiger partial charge in [0.25, 0.3) is 0 Å². The first-order chi connectivity index (χ1) is 14.8. The summed E-state index contributed by atoms with van der Waals surface area (Å²) in [6, 6.07) is 24.4. The van der Waals surface area contributed by atoms with Crippen molar-refractivity contribution in [2.24, 2.45) is 0 Å². The second kappa shape index (κ2) is 9.88. The van der Waals surface area contributed by atoms with Gasteiger partial charge >= 0.3 is 5.97 Å². The van der Waals surface area contributed by atoms with E-state index in [0.29, 0.717) is 13.0 Å². The van der Waals surface area contributed by atoms with E-state index in [1.54, 1.807) is 0 Å². The Morgan fingerprint density at radius 1 is 0.867 bits per heavy atom.